The SMILES string of the molecule is CC(C)Cc1ccc(Sc2cccs2)cc1. The molecule has 1 aromatic heterocycles. The molecule has 0 fully saturated rings. The highest BCUT2D eigenvalue weighted by atomic mass is 32.2. The van der Waals surface area contributed by atoms with Gasteiger partial charge in [-0.2, -0.15) is 0 Å². The number of hydrogen-bond acceptors (Lipinski definition) is 2. The van der Waals surface area contributed by atoms with Crippen molar-refractivity contribution in [2.75, 3.05) is 0 Å². The van der Waals surface area contributed by atoms with E-state index in [1.54, 1.807) is 11.3 Å². The smallest absolute Gasteiger partial charge is 0.0646 e. The summed E-state index contributed by atoms with van der Waals surface area (Å²) in [5.74, 6) is 0.732. The summed E-state index contributed by atoms with van der Waals surface area (Å²) in [5.41, 5.74) is 1.44. The average Bonchev–Trinajstić information content (AvgIpc) is 2.73. The van der Waals surface area contributed by atoms with Gasteiger partial charge in [0, 0.05) is 4.90 Å². The van der Waals surface area contributed by atoms with Gasteiger partial charge in [0.25, 0.3) is 0 Å². The molecule has 0 radical (unpaired) electrons. The van der Waals surface area contributed by atoms with Gasteiger partial charge in [-0.1, -0.05) is 43.8 Å². The Labute approximate surface area is 106 Å². The highest BCUT2D eigenvalue weighted by molar-refractivity contribution is 8.01. The number of hydrogen-bond donors (Lipinski definition) is 0. The molecular formula is C14H16S2. The Balaban J connectivity index is 2.02. The summed E-state index contributed by atoms with van der Waals surface area (Å²) in [5, 5.41) is 2.12. The Kier molecular flexibility index (Phi) is 4.08. The maximum atomic E-state index is 2.26. The maximum Gasteiger partial charge on any atom is 0.0646 e. The molecule has 0 spiro atoms. The fraction of sp³-hybridized carbons (Fsp3) is 0.286. The molecule has 0 amide bonds. The molecule has 0 unspecified atom stereocenters. The molecule has 2 rings (SSSR count). The first-order valence-electron chi connectivity index (χ1n) is 5.54. The summed E-state index contributed by atoms with van der Waals surface area (Å²) in [4.78, 5) is 1.33. The normalized spacial score (nSPS) is 10.9. The third kappa shape index (κ3) is 3.39. The summed E-state index contributed by atoms with van der Waals surface area (Å²) in [7, 11) is 0. The minimum absolute atomic E-state index is 0.732. The van der Waals surface area contributed by atoms with Gasteiger partial charge in [-0.05, 0) is 41.5 Å². The molecule has 84 valence electrons. The molecule has 0 N–H and O–H groups in total. The fourth-order valence-electron chi connectivity index (χ4n) is 1.60. The van der Waals surface area contributed by atoms with Crippen molar-refractivity contribution in [3.8, 4) is 0 Å². The molecule has 0 saturated carbocycles. The van der Waals surface area contributed by atoms with Crippen molar-refractivity contribution in [3.05, 3.63) is 47.3 Å². The van der Waals surface area contributed by atoms with Crippen molar-refractivity contribution in [2.45, 2.75) is 29.4 Å². The van der Waals surface area contributed by atoms with E-state index >= 15 is 0 Å². The highest BCUT2D eigenvalue weighted by Gasteiger charge is 2.00. The average molecular weight is 248 g/mol. The Hall–Kier alpha value is -0.730. The van der Waals surface area contributed by atoms with Crippen molar-refractivity contribution in [1.29, 1.82) is 0 Å². The van der Waals surface area contributed by atoms with Crippen molar-refractivity contribution in [1.82, 2.24) is 0 Å². The predicted molar refractivity (Wildman–Crippen MR) is 73.4 cm³/mol. The highest BCUT2D eigenvalue weighted by Crippen LogP contribution is 2.31. The molecular weight excluding hydrogens is 232 g/mol. The first-order valence-corrected chi connectivity index (χ1v) is 7.24. The number of benzene rings is 1. The zero-order valence-corrected chi connectivity index (χ0v) is 11.3. The lowest BCUT2D eigenvalue weighted by Gasteiger charge is -2.05. The molecule has 0 aliphatic rings. The second-order valence-corrected chi connectivity index (χ2v) is 6.60. The van der Waals surface area contributed by atoms with Crippen LogP contribution in [0.5, 0.6) is 0 Å². The van der Waals surface area contributed by atoms with E-state index in [9.17, 15) is 0 Å². The summed E-state index contributed by atoms with van der Waals surface area (Å²) in [6.07, 6.45) is 1.17. The van der Waals surface area contributed by atoms with Crippen LogP contribution in [0.25, 0.3) is 0 Å². The predicted octanol–water partition coefficient (Wildman–Crippen LogP) is 5.10. The van der Waals surface area contributed by atoms with Crippen LogP contribution in [0.3, 0.4) is 0 Å². The lowest BCUT2D eigenvalue weighted by Crippen LogP contribution is -1.92. The van der Waals surface area contributed by atoms with Gasteiger partial charge in [0.15, 0.2) is 0 Å². The summed E-state index contributed by atoms with van der Waals surface area (Å²) >= 11 is 3.64. The van der Waals surface area contributed by atoms with E-state index in [1.807, 2.05) is 11.8 Å². The van der Waals surface area contributed by atoms with Crippen molar-refractivity contribution in [2.24, 2.45) is 5.92 Å². The van der Waals surface area contributed by atoms with Gasteiger partial charge in [-0.25, -0.2) is 0 Å². The standard InChI is InChI=1S/C14H16S2/c1-11(2)10-12-5-7-13(8-6-12)16-14-4-3-9-15-14/h3-9,11H,10H2,1-2H3. The molecule has 16 heavy (non-hydrogen) atoms. The Morgan fingerprint density at radius 1 is 1.12 bits per heavy atom. The second kappa shape index (κ2) is 5.55. The van der Waals surface area contributed by atoms with Crippen LogP contribution in [0, 0.1) is 5.92 Å². The van der Waals surface area contributed by atoms with E-state index in [4.69, 9.17) is 0 Å². The largest absolute Gasteiger partial charge is 0.137 e. The Morgan fingerprint density at radius 3 is 2.44 bits per heavy atom. The molecule has 0 bridgehead atoms. The van der Waals surface area contributed by atoms with E-state index in [-0.39, 0.29) is 0 Å². The molecule has 0 saturated heterocycles. The van der Waals surface area contributed by atoms with Crippen LogP contribution in [-0.2, 0) is 6.42 Å². The zero-order chi connectivity index (χ0) is 11.4. The van der Waals surface area contributed by atoms with Gasteiger partial charge in [0.2, 0.25) is 0 Å². The van der Waals surface area contributed by atoms with Gasteiger partial charge < -0.3 is 0 Å². The fourth-order valence-corrected chi connectivity index (χ4v) is 3.35. The van der Waals surface area contributed by atoms with E-state index < -0.39 is 0 Å². The third-order valence-corrected chi connectivity index (χ3v) is 4.33. The number of thiophene rings is 1. The van der Waals surface area contributed by atoms with E-state index in [1.165, 1.54) is 21.1 Å². The summed E-state index contributed by atoms with van der Waals surface area (Å²) in [6.45, 7) is 4.52. The van der Waals surface area contributed by atoms with E-state index in [0.29, 0.717) is 0 Å². The van der Waals surface area contributed by atoms with Crippen LogP contribution in [0.1, 0.15) is 19.4 Å². The lowest BCUT2D eigenvalue weighted by molar-refractivity contribution is 0.647. The second-order valence-electron chi connectivity index (χ2n) is 4.28. The van der Waals surface area contributed by atoms with Gasteiger partial charge in [-0.3, -0.25) is 0 Å². The first-order chi connectivity index (χ1) is 7.74. The minimum Gasteiger partial charge on any atom is -0.137 e. The van der Waals surface area contributed by atoms with Crippen LogP contribution in [-0.4, -0.2) is 0 Å². The van der Waals surface area contributed by atoms with Gasteiger partial charge in [0.05, 0.1) is 4.21 Å². The molecule has 2 aromatic rings. The van der Waals surface area contributed by atoms with Crippen LogP contribution < -0.4 is 0 Å². The van der Waals surface area contributed by atoms with Gasteiger partial charge >= 0.3 is 0 Å². The van der Waals surface area contributed by atoms with Crippen molar-refractivity contribution < 1.29 is 0 Å². The van der Waals surface area contributed by atoms with Crippen LogP contribution >= 0.6 is 23.1 Å². The topological polar surface area (TPSA) is 0 Å². The van der Waals surface area contributed by atoms with Crippen molar-refractivity contribution >= 4 is 23.1 Å². The molecule has 0 atom stereocenters. The van der Waals surface area contributed by atoms with Crippen LogP contribution in [0.4, 0.5) is 0 Å². The molecule has 1 aromatic carbocycles. The lowest BCUT2D eigenvalue weighted by atomic mass is 10.0. The molecule has 0 aliphatic heterocycles. The zero-order valence-electron chi connectivity index (χ0n) is 9.64. The van der Waals surface area contributed by atoms with Crippen molar-refractivity contribution in [3.63, 3.8) is 0 Å². The van der Waals surface area contributed by atoms with E-state index in [2.05, 4.69) is 55.6 Å². The van der Waals surface area contributed by atoms with Gasteiger partial charge in [-0.15, -0.1) is 11.3 Å². The minimum atomic E-state index is 0.732. The van der Waals surface area contributed by atoms with E-state index in [0.717, 1.165) is 5.92 Å². The Bertz CT molecular complexity index is 413. The quantitative estimate of drug-likeness (QED) is 0.725. The third-order valence-electron chi connectivity index (χ3n) is 2.28. The molecule has 0 aliphatic carbocycles. The Morgan fingerprint density at radius 2 is 1.88 bits per heavy atom. The molecule has 1 heterocycles. The number of rotatable bonds is 4. The monoisotopic (exact) mass is 248 g/mol. The molecule has 0 nitrogen and oxygen atoms in total. The van der Waals surface area contributed by atoms with Crippen LogP contribution in [0.2, 0.25) is 0 Å². The van der Waals surface area contributed by atoms with Gasteiger partial charge in [0.1, 0.15) is 0 Å². The summed E-state index contributed by atoms with van der Waals surface area (Å²) in [6, 6.07) is 13.2. The first kappa shape index (κ1) is 11.7. The maximum absolute atomic E-state index is 2.26. The van der Waals surface area contributed by atoms with Crippen LogP contribution in [0.15, 0.2) is 50.9 Å². The molecule has 2 heteroatoms. The summed E-state index contributed by atoms with van der Waals surface area (Å²) < 4.78 is 1.36.